The van der Waals surface area contributed by atoms with E-state index in [0.29, 0.717) is 20.7 Å². The minimum atomic E-state index is -0.369. The van der Waals surface area contributed by atoms with Gasteiger partial charge in [-0.1, -0.05) is 53.8 Å². The Morgan fingerprint density at radius 3 is 2.50 bits per heavy atom. The molecular weight excluding hydrogens is 396 g/mol. The molecule has 1 aromatic heterocycles. The monoisotopic (exact) mass is 412 g/mol. The maximum absolute atomic E-state index is 11.5. The number of rotatable bonds is 3. The summed E-state index contributed by atoms with van der Waals surface area (Å²) >= 11 is 1.38. The van der Waals surface area contributed by atoms with Gasteiger partial charge in [0, 0.05) is 0 Å². The fourth-order valence-electron chi connectivity index (χ4n) is 3.22. The highest BCUT2D eigenvalue weighted by molar-refractivity contribution is 7.10. The number of amides is 2. The molecule has 3 aromatic carbocycles. The lowest BCUT2D eigenvalue weighted by Crippen LogP contribution is -2.11. The van der Waals surface area contributed by atoms with Crippen molar-refractivity contribution in [2.75, 3.05) is 5.32 Å². The van der Waals surface area contributed by atoms with E-state index in [4.69, 9.17) is 4.99 Å². The average Bonchev–Trinajstić information content (AvgIpc) is 3.27. The van der Waals surface area contributed by atoms with Crippen molar-refractivity contribution in [3.05, 3.63) is 99.1 Å². The molecule has 2 heterocycles. The first-order chi connectivity index (χ1) is 14.7. The van der Waals surface area contributed by atoms with Crippen molar-refractivity contribution in [3.8, 4) is 11.6 Å². The highest BCUT2D eigenvalue weighted by Gasteiger charge is 2.14. The van der Waals surface area contributed by atoms with Crippen LogP contribution in [0.3, 0.4) is 0 Å². The highest BCUT2D eigenvalue weighted by atomic mass is 32.1. The number of para-hydroxylation sites is 2. The first-order valence-electron chi connectivity index (χ1n) is 9.29. The summed E-state index contributed by atoms with van der Waals surface area (Å²) in [6, 6.07) is 24.4. The van der Waals surface area contributed by atoms with E-state index in [0.717, 1.165) is 16.6 Å². The molecule has 0 saturated heterocycles. The van der Waals surface area contributed by atoms with Crippen LogP contribution in [0.2, 0.25) is 0 Å². The number of fused-ring (bicyclic) bond motifs is 1. The molecule has 0 radical (unpaired) electrons. The molecule has 7 heteroatoms. The number of benzene rings is 3. The summed E-state index contributed by atoms with van der Waals surface area (Å²) < 4.78 is 1.73. The molecular formula is C23H16N4O2S. The van der Waals surface area contributed by atoms with Crippen LogP contribution in [-0.4, -0.2) is 15.7 Å². The average molecular weight is 412 g/mol. The van der Waals surface area contributed by atoms with Crippen LogP contribution in [0.15, 0.2) is 88.8 Å². The second kappa shape index (κ2) is 7.46. The summed E-state index contributed by atoms with van der Waals surface area (Å²) in [5, 5.41) is 15.2. The molecule has 4 aromatic rings. The van der Waals surface area contributed by atoms with Crippen molar-refractivity contribution in [3.63, 3.8) is 0 Å². The molecule has 6 nitrogen and oxygen atoms in total. The lowest BCUT2D eigenvalue weighted by molar-refractivity contribution is 0.260. The Kier molecular flexibility index (Phi) is 4.49. The van der Waals surface area contributed by atoms with Crippen LogP contribution >= 0.6 is 11.3 Å². The Morgan fingerprint density at radius 1 is 1.00 bits per heavy atom. The molecule has 0 spiro atoms. The van der Waals surface area contributed by atoms with Crippen molar-refractivity contribution >= 4 is 34.8 Å². The summed E-state index contributed by atoms with van der Waals surface area (Å²) in [6.07, 6.45) is 1.87. The maximum atomic E-state index is 11.5. The summed E-state index contributed by atoms with van der Waals surface area (Å²) in [6.45, 7) is 0. The fraction of sp³-hybridized carbons (Fsp3) is 0. The van der Waals surface area contributed by atoms with Crippen LogP contribution in [0.4, 0.5) is 16.2 Å². The van der Waals surface area contributed by atoms with Gasteiger partial charge >= 0.3 is 6.03 Å². The second-order valence-corrected chi connectivity index (χ2v) is 7.66. The van der Waals surface area contributed by atoms with Crippen LogP contribution in [0.1, 0.15) is 4.88 Å². The van der Waals surface area contributed by atoms with E-state index >= 15 is 0 Å². The van der Waals surface area contributed by atoms with Crippen molar-refractivity contribution in [2.45, 2.75) is 0 Å². The molecule has 30 heavy (non-hydrogen) atoms. The van der Waals surface area contributed by atoms with E-state index in [1.165, 1.54) is 11.3 Å². The van der Waals surface area contributed by atoms with Crippen molar-refractivity contribution in [1.29, 1.82) is 0 Å². The molecule has 0 saturated carbocycles. The van der Waals surface area contributed by atoms with Gasteiger partial charge in [-0.2, -0.15) is 4.99 Å². The van der Waals surface area contributed by atoms with Gasteiger partial charge in [-0.3, -0.25) is 4.57 Å². The number of aromatic hydroxyl groups is 1. The standard InChI is InChI=1S/C23H16N4O2S/c28-21-20(14-15-11-12-18-19(13-15)26-22(29)25-18)30-23(24-16-7-3-1-4-8-16)27(21)17-9-5-2-6-10-17/h1-14,28H,(H,26,29). The van der Waals surface area contributed by atoms with Gasteiger partial charge in [-0.05, 0) is 47.7 Å². The normalized spacial score (nSPS) is 13.8. The van der Waals surface area contributed by atoms with Crippen LogP contribution in [0.5, 0.6) is 5.88 Å². The SMILES string of the molecule is O=C1N=c2ccc(=Cc3sc(=Nc4ccccc4)n(-c4ccccc4)c3O)cc2N1. The minimum Gasteiger partial charge on any atom is -0.493 e. The van der Waals surface area contributed by atoms with Gasteiger partial charge in [-0.15, -0.1) is 0 Å². The summed E-state index contributed by atoms with van der Waals surface area (Å²) in [5.41, 5.74) is 2.28. The third kappa shape index (κ3) is 3.42. The Bertz CT molecular complexity index is 1440. The third-order valence-corrected chi connectivity index (χ3v) is 5.58. The first-order valence-corrected chi connectivity index (χ1v) is 10.1. The maximum Gasteiger partial charge on any atom is 0.346 e. The number of anilines is 1. The smallest absolute Gasteiger partial charge is 0.346 e. The Balaban J connectivity index is 1.70. The van der Waals surface area contributed by atoms with Crippen molar-refractivity contribution in [2.24, 2.45) is 9.98 Å². The lowest BCUT2D eigenvalue weighted by atomic mass is 10.2. The molecule has 0 unspecified atom stereocenters. The van der Waals surface area contributed by atoms with Gasteiger partial charge < -0.3 is 10.4 Å². The molecule has 0 bridgehead atoms. The zero-order valence-electron chi connectivity index (χ0n) is 15.7. The summed E-state index contributed by atoms with van der Waals surface area (Å²) in [7, 11) is 0. The highest BCUT2D eigenvalue weighted by Crippen LogP contribution is 2.25. The molecule has 2 amide bonds. The summed E-state index contributed by atoms with van der Waals surface area (Å²) in [5.74, 6) is 0.107. The van der Waals surface area contributed by atoms with Crippen LogP contribution in [-0.2, 0) is 0 Å². The molecule has 0 atom stereocenters. The second-order valence-electron chi connectivity index (χ2n) is 6.65. The van der Waals surface area contributed by atoms with Gasteiger partial charge in [0.2, 0.25) is 5.88 Å². The molecule has 1 aliphatic heterocycles. The number of nitrogens with zero attached hydrogens (tertiary/aromatic N) is 3. The molecule has 5 rings (SSSR count). The van der Waals surface area contributed by atoms with E-state index in [1.807, 2.05) is 78.9 Å². The van der Waals surface area contributed by atoms with E-state index in [-0.39, 0.29) is 11.9 Å². The van der Waals surface area contributed by atoms with Crippen LogP contribution < -0.4 is 20.7 Å². The molecule has 1 aliphatic rings. The zero-order chi connectivity index (χ0) is 20.5. The van der Waals surface area contributed by atoms with Crippen LogP contribution in [0, 0.1) is 0 Å². The molecule has 2 N–H and O–H groups in total. The van der Waals surface area contributed by atoms with Gasteiger partial charge in [0.15, 0.2) is 4.80 Å². The van der Waals surface area contributed by atoms with E-state index < -0.39 is 0 Å². The zero-order valence-corrected chi connectivity index (χ0v) is 16.5. The number of hydrogen-bond acceptors (Lipinski definition) is 4. The van der Waals surface area contributed by atoms with Gasteiger partial charge in [0.25, 0.3) is 0 Å². The van der Waals surface area contributed by atoms with Gasteiger partial charge in [0.05, 0.1) is 27.3 Å². The Labute approximate surface area is 175 Å². The molecule has 146 valence electrons. The Morgan fingerprint density at radius 2 is 1.73 bits per heavy atom. The number of carbonyl (C=O) groups excluding carboxylic acids is 1. The number of aromatic nitrogens is 1. The largest absolute Gasteiger partial charge is 0.493 e. The lowest BCUT2D eigenvalue weighted by Gasteiger charge is -2.04. The van der Waals surface area contributed by atoms with E-state index in [1.54, 1.807) is 10.6 Å². The van der Waals surface area contributed by atoms with Crippen molar-refractivity contribution in [1.82, 2.24) is 4.57 Å². The Hall–Kier alpha value is -3.97. The van der Waals surface area contributed by atoms with E-state index in [2.05, 4.69) is 10.3 Å². The molecule has 0 aliphatic carbocycles. The predicted molar refractivity (Wildman–Crippen MR) is 117 cm³/mol. The predicted octanol–water partition coefficient (Wildman–Crippen LogP) is 3.47. The number of urea groups is 1. The van der Waals surface area contributed by atoms with Gasteiger partial charge in [0.1, 0.15) is 0 Å². The van der Waals surface area contributed by atoms with E-state index in [9.17, 15) is 9.90 Å². The molecule has 0 fully saturated rings. The first kappa shape index (κ1) is 18.1. The number of thiazole rings is 1. The topological polar surface area (TPSA) is 79.0 Å². The third-order valence-electron chi connectivity index (χ3n) is 4.60. The van der Waals surface area contributed by atoms with Gasteiger partial charge in [-0.25, -0.2) is 9.79 Å². The number of nitrogens with one attached hydrogen (secondary N) is 1. The summed E-state index contributed by atoms with van der Waals surface area (Å²) in [4.78, 5) is 21.4. The van der Waals surface area contributed by atoms with Crippen molar-refractivity contribution < 1.29 is 9.90 Å². The number of hydrogen-bond donors (Lipinski definition) is 2. The van der Waals surface area contributed by atoms with Crippen LogP contribution in [0.25, 0.3) is 11.8 Å². The quantitative estimate of drug-likeness (QED) is 0.540. The fourth-order valence-corrected chi connectivity index (χ4v) is 4.23. The number of carbonyl (C=O) groups is 1. The minimum absolute atomic E-state index is 0.107.